The van der Waals surface area contributed by atoms with Gasteiger partial charge in [-0.05, 0) is 43.1 Å². The number of carbonyl (C=O) groups excluding carboxylic acids is 1. The van der Waals surface area contributed by atoms with Gasteiger partial charge in [0.05, 0.1) is 0 Å². The zero-order chi connectivity index (χ0) is 13.2. The van der Waals surface area contributed by atoms with Crippen molar-refractivity contribution in [3.05, 3.63) is 35.9 Å². The number of rotatable bonds is 2. The summed E-state index contributed by atoms with van der Waals surface area (Å²) in [5.41, 5.74) is 1.34. The van der Waals surface area contributed by atoms with Gasteiger partial charge in [-0.15, -0.1) is 0 Å². The van der Waals surface area contributed by atoms with Gasteiger partial charge in [0.2, 0.25) is 5.91 Å². The zero-order valence-corrected chi connectivity index (χ0v) is 11.7. The summed E-state index contributed by atoms with van der Waals surface area (Å²) in [6.07, 6.45) is 4.68. The summed E-state index contributed by atoms with van der Waals surface area (Å²) >= 11 is 0. The van der Waals surface area contributed by atoms with Gasteiger partial charge in [-0.1, -0.05) is 37.3 Å². The number of amides is 1. The molecular weight excluding hydrogens is 234 g/mol. The first-order valence-electron chi connectivity index (χ1n) is 7.59. The first-order chi connectivity index (χ1) is 9.25. The molecule has 2 aliphatic rings. The number of nitrogens with zero attached hydrogens (tertiary/aromatic N) is 1. The lowest BCUT2D eigenvalue weighted by Gasteiger charge is -2.20. The SMILES string of the molecule is C[C@@H]1CCCN(C(=O)[C@@H]2C[C@H]2c2ccccc2)CC1. The van der Waals surface area contributed by atoms with Crippen molar-refractivity contribution in [3.63, 3.8) is 0 Å². The van der Waals surface area contributed by atoms with Crippen LogP contribution in [0.3, 0.4) is 0 Å². The smallest absolute Gasteiger partial charge is 0.226 e. The summed E-state index contributed by atoms with van der Waals surface area (Å²) in [6.45, 7) is 4.25. The average molecular weight is 257 g/mol. The minimum atomic E-state index is 0.260. The molecule has 1 saturated carbocycles. The van der Waals surface area contributed by atoms with Gasteiger partial charge in [0.1, 0.15) is 0 Å². The van der Waals surface area contributed by atoms with E-state index in [-0.39, 0.29) is 5.92 Å². The molecule has 3 atom stereocenters. The summed E-state index contributed by atoms with van der Waals surface area (Å²) in [6, 6.07) is 10.5. The number of hydrogen-bond acceptors (Lipinski definition) is 1. The fraction of sp³-hybridized carbons (Fsp3) is 0.588. The van der Waals surface area contributed by atoms with Crippen LogP contribution in [0.2, 0.25) is 0 Å². The maximum absolute atomic E-state index is 12.5. The summed E-state index contributed by atoms with van der Waals surface area (Å²) in [7, 11) is 0. The highest BCUT2D eigenvalue weighted by Crippen LogP contribution is 2.48. The van der Waals surface area contributed by atoms with Crippen molar-refractivity contribution in [1.29, 1.82) is 0 Å². The molecule has 102 valence electrons. The van der Waals surface area contributed by atoms with Gasteiger partial charge >= 0.3 is 0 Å². The van der Waals surface area contributed by atoms with Crippen LogP contribution in [-0.4, -0.2) is 23.9 Å². The van der Waals surface area contributed by atoms with Crippen LogP contribution in [0.5, 0.6) is 0 Å². The van der Waals surface area contributed by atoms with E-state index < -0.39 is 0 Å². The van der Waals surface area contributed by atoms with Crippen molar-refractivity contribution in [2.45, 2.75) is 38.5 Å². The minimum absolute atomic E-state index is 0.260. The number of likely N-dealkylation sites (tertiary alicyclic amines) is 1. The Morgan fingerprint density at radius 3 is 2.74 bits per heavy atom. The maximum atomic E-state index is 12.5. The van der Waals surface area contributed by atoms with Crippen molar-refractivity contribution < 1.29 is 4.79 Å². The third-order valence-electron chi connectivity index (χ3n) is 4.66. The van der Waals surface area contributed by atoms with Gasteiger partial charge in [-0.2, -0.15) is 0 Å². The number of hydrogen-bond donors (Lipinski definition) is 0. The summed E-state index contributed by atoms with van der Waals surface area (Å²) in [4.78, 5) is 14.7. The van der Waals surface area contributed by atoms with E-state index in [1.54, 1.807) is 0 Å². The Labute approximate surface area is 115 Å². The molecule has 1 heterocycles. The topological polar surface area (TPSA) is 20.3 Å². The largest absolute Gasteiger partial charge is 0.342 e. The van der Waals surface area contributed by atoms with Crippen molar-refractivity contribution >= 4 is 5.91 Å². The minimum Gasteiger partial charge on any atom is -0.342 e. The highest BCUT2D eigenvalue weighted by molar-refractivity contribution is 5.83. The van der Waals surface area contributed by atoms with E-state index in [4.69, 9.17) is 0 Å². The van der Waals surface area contributed by atoms with Gasteiger partial charge in [-0.3, -0.25) is 4.79 Å². The summed E-state index contributed by atoms with van der Waals surface area (Å²) in [5, 5.41) is 0. The van der Waals surface area contributed by atoms with Crippen LogP contribution < -0.4 is 0 Å². The molecule has 0 spiro atoms. The summed E-state index contributed by atoms with van der Waals surface area (Å²) in [5.74, 6) is 1.93. The van der Waals surface area contributed by atoms with Gasteiger partial charge in [0.15, 0.2) is 0 Å². The van der Waals surface area contributed by atoms with Crippen LogP contribution in [-0.2, 0) is 4.79 Å². The van der Waals surface area contributed by atoms with Gasteiger partial charge < -0.3 is 4.90 Å². The van der Waals surface area contributed by atoms with Crippen molar-refractivity contribution in [3.8, 4) is 0 Å². The van der Waals surface area contributed by atoms with Crippen LogP contribution in [0, 0.1) is 11.8 Å². The Morgan fingerprint density at radius 1 is 1.16 bits per heavy atom. The molecule has 19 heavy (non-hydrogen) atoms. The molecule has 0 bridgehead atoms. The Morgan fingerprint density at radius 2 is 1.95 bits per heavy atom. The van der Waals surface area contributed by atoms with Gasteiger partial charge in [0.25, 0.3) is 0 Å². The molecule has 0 unspecified atom stereocenters. The standard InChI is InChI=1S/C17H23NO/c1-13-6-5-10-18(11-9-13)17(19)16-12-15(16)14-7-3-2-4-8-14/h2-4,7-8,13,15-16H,5-6,9-12H2,1H3/t13-,15+,16-/m1/s1. The van der Waals surface area contributed by atoms with E-state index in [0.717, 1.165) is 25.4 Å². The van der Waals surface area contributed by atoms with E-state index >= 15 is 0 Å². The lowest BCUT2D eigenvalue weighted by molar-refractivity contribution is -0.132. The monoisotopic (exact) mass is 257 g/mol. The Hall–Kier alpha value is -1.31. The molecule has 1 aromatic carbocycles. The molecule has 0 radical (unpaired) electrons. The zero-order valence-electron chi connectivity index (χ0n) is 11.7. The van der Waals surface area contributed by atoms with Crippen molar-refractivity contribution in [2.24, 2.45) is 11.8 Å². The molecule has 1 aliphatic carbocycles. The predicted octanol–water partition coefficient (Wildman–Crippen LogP) is 3.44. The van der Waals surface area contributed by atoms with Crippen molar-refractivity contribution in [1.82, 2.24) is 4.90 Å². The maximum Gasteiger partial charge on any atom is 0.226 e. The van der Waals surface area contributed by atoms with E-state index in [1.807, 2.05) is 6.07 Å². The molecule has 0 N–H and O–H groups in total. The third kappa shape index (κ3) is 2.83. The number of benzene rings is 1. The molecule has 0 aromatic heterocycles. The van der Waals surface area contributed by atoms with E-state index in [2.05, 4.69) is 36.1 Å². The van der Waals surface area contributed by atoms with Crippen molar-refractivity contribution in [2.75, 3.05) is 13.1 Å². The lowest BCUT2D eigenvalue weighted by Crippen LogP contribution is -2.33. The Balaban J connectivity index is 1.60. The van der Waals surface area contributed by atoms with Gasteiger partial charge in [-0.25, -0.2) is 0 Å². The Kier molecular flexibility index (Phi) is 3.58. The molecule has 1 aromatic rings. The average Bonchev–Trinajstić information content (AvgIpc) is 3.23. The second-order valence-electron chi connectivity index (χ2n) is 6.22. The molecule has 1 amide bonds. The first kappa shape index (κ1) is 12.7. The molecule has 2 fully saturated rings. The molecular formula is C17H23NO. The molecule has 2 heteroatoms. The molecule has 1 aliphatic heterocycles. The quantitative estimate of drug-likeness (QED) is 0.794. The fourth-order valence-electron chi connectivity index (χ4n) is 3.25. The first-order valence-corrected chi connectivity index (χ1v) is 7.59. The van der Waals surface area contributed by atoms with Crippen LogP contribution in [0.15, 0.2) is 30.3 Å². The number of carbonyl (C=O) groups is 1. The second kappa shape index (κ2) is 5.36. The Bertz CT molecular complexity index is 442. The van der Waals surface area contributed by atoms with Crippen LogP contribution in [0.1, 0.15) is 44.1 Å². The normalized spacial score (nSPS) is 30.8. The van der Waals surface area contributed by atoms with Crippen LogP contribution in [0.4, 0.5) is 0 Å². The molecule has 1 saturated heterocycles. The lowest BCUT2D eigenvalue weighted by atomic mass is 10.0. The molecule has 3 rings (SSSR count). The third-order valence-corrected chi connectivity index (χ3v) is 4.66. The van der Waals surface area contributed by atoms with Crippen LogP contribution in [0.25, 0.3) is 0 Å². The van der Waals surface area contributed by atoms with E-state index in [9.17, 15) is 4.79 Å². The second-order valence-corrected chi connectivity index (χ2v) is 6.22. The van der Waals surface area contributed by atoms with E-state index in [0.29, 0.717) is 11.8 Å². The molecule has 2 nitrogen and oxygen atoms in total. The van der Waals surface area contributed by atoms with E-state index in [1.165, 1.54) is 24.8 Å². The fourth-order valence-corrected chi connectivity index (χ4v) is 3.25. The van der Waals surface area contributed by atoms with Crippen LogP contribution >= 0.6 is 0 Å². The summed E-state index contributed by atoms with van der Waals surface area (Å²) < 4.78 is 0. The predicted molar refractivity (Wildman–Crippen MR) is 76.9 cm³/mol. The highest BCUT2D eigenvalue weighted by atomic mass is 16.2. The highest BCUT2D eigenvalue weighted by Gasteiger charge is 2.45. The van der Waals surface area contributed by atoms with Gasteiger partial charge in [0, 0.05) is 19.0 Å².